The van der Waals surface area contributed by atoms with Crippen LogP contribution in [-0.4, -0.2) is 25.7 Å². The van der Waals surface area contributed by atoms with Crippen molar-refractivity contribution in [3.63, 3.8) is 0 Å². The van der Waals surface area contributed by atoms with Crippen molar-refractivity contribution in [1.29, 1.82) is 0 Å². The molecule has 2 heterocycles. The Bertz CT molecular complexity index is 1280. The van der Waals surface area contributed by atoms with Gasteiger partial charge < -0.3 is 0 Å². The van der Waals surface area contributed by atoms with Crippen LogP contribution in [0.3, 0.4) is 0 Å². The first-order chi connectivity index (χ1) is 14.0. The summed E-state index contributed by atoms with van der Waals surface area (Å²) in [4.78, 5) is 19.3. The molecular formula is C19H14N6O2S2. The van der Waals surface area contributed by atoms with Gasteiger partial charge in [0.1, 0.15) is 10.5 Å². The van der Waals surface area contributed by atoms with Crippen LogP contribution in [0.25, 0.3) is 16.0 Å². The smallest absolute Gasteiger partial charge is 0.269 e. The Morgan fingerprint density at radius 3 is 2.59 bits per heavy atom. The zero-order chi connectivity index (χ0) is 20.4. The lowest BCUT2D eigenvalue weighted by molar-refractivity contribution is -0.384. The van der Waals surface area contributed by atoms with Gasteiger partial charge in [-0.1, -0.05) is 29.5 Å². The number of nitrogens with zero attached hydrogens (tertiary/aromatic N) is 5. The molecule has 2 aromatic carbocycles. The maximum atomic E-state index is 10.7. The molecule has 4 rings (SSSR count). The minimum Gasteiger partial charge on any atom is -0.276 e. The Morgan fingerprint density at radius 1 is 1.17 bits per heavy atom. The van der Waals surface area contributed by atoms with Crippen molar-refractivity contribution < 1.29 is 4.92 Å². The highest BCUT2D eigenvalue weighted by atomic mass is 32.1. The molecule has 10 heteroatoms. The summed E-state index contributed by atoms with van der Waals surface area (Å²) in [6.07, 6.45) is 1.57. The fourth-order valence-corrected chi connectivity index (χ4v) is 4.06. The van der Waals surface area contributed by atoms with E-state index in [0.717, 1.165) is 16.0 Å². The van der Waals surface area contributed by atoms with Crippen LogP contribution >= 0.6 is 23.6 Å². The zero-order valence-electron chi connectivity index (χ0n) is 15.1. The van der Waals surface area contributed by atoms with Crippen LogP contribution < -0.4 is 5.43 Å². The van der Waals surface area contributed by atoms with E-state index in [1.807, 2.05) is 34.9 Å². The van der Waals surface area contributed by atoms with Gasteiger partial charge in [-0.2, -0.15) is 5.10 Å². The Labute approximate surface area is 174 Å². The van der Waals surface area contributed by atoms with E-state index in [9.17, 15) is 10.1 Å². The van der Waals surface area contributed by atoms with Gasteiger partial charge >= 0.3 is 0 Å². The monoisotopic (exact) mass is 422 g/mol. The number of fused-ring (bicyclic) bond motifs is 1. The molecule has 144 valence electrons. The van der Waals surface area contributed by atoms with Gasteiger partial charge in [0.05, 0.1) is 11.1 Å². The molecule has 2 aromatic heterocycles. The number of para-hydroxylation sites is 1. The lowest BCUT2D eigenvalue weighted by Gasteiger charge is -2.06. The summed E-state index contributed by atoms with van der Waals surface area (Å²) in [5.41, 5.74) is 5.34. The van der Waals surface area contributed by atoms with Gasteiger partial charge in [0, 0.05) is 17.8 Å². The number of nitro benzene ring substituents is 1. The Hall–Kier alpha value is -3.50. The summed E-state index contributed by atoms with van der Waals surface area (Å²) in [6.45, 7) is 1.81. The normalized spacial score (nSPS) is 11.2. The number of hydrogen-bond acceptors (Lipinski definition) is 8. The number of aryl methyl sites for hydroxylation is 1. The number of non-ortho nitro benzene ring substituents is 1. The fraction of sp³-hybridized carbons (Fsp3) is 0.0526. The zero-order valence-corrected chi connectivity index (χ0v) is 16.8. The molecular weight excluding hydrogens is 408 g/mol. The minimum atomic E-state index is -0.440. The molecule has 0 aliphatic carbocycles. The van der Waals surface area contributed by atoms with Gasteiger partial charge in [0.25, 0.3) is 5.69 Å². The number of nitro groups is 1. The van der Waals surface area contributed by atoms with E-state index in [2.05, 4.69) is 20.5 Å². The van der Waals surface area contributed by atoms with Crippen molar-refractivity contribution in [3.05, 3.63) is 80.1 Å². The second-order valence-corrected chi connectivity index (χ2v) is 7.67. The average molecular weight is 422 g/mol. The molecule has 29 heavy (non-hydrogen) atoms. The van der Waals surface area contributed by atoms with Crippen LogP contribution in [0.2, 0.25) is 0 Å². The van der Waals surface area contributed by atoms with E-state index in [-0.39, 0.29) is 5.69 Å². The van der Waals surface area contributed by atoms with Gasteiger partial charge in [0.2, 0.25) is 0 Å². The van der Waals surface area contributed by atoms with E-state index in [1.54, 1.807) is 25.3 Å². The number of thiazole rings is 1. The van der Waals surface area contributed by atoms with Gasteiger partial charge in [0.15, 0.2) is 15.4 Å². The van der Waals surface area contributed by atoms with Crippen LogP contribution in [0, 0.1) is 21.0 Å². The minimum absolute atomic E-state index is 0.0327. The molecule has 0 bridgehead atoms. The molecule has 0 aliphatic heterocycles. The Kier molecular flexibility index (Phi) is 5.10. The molecule has 0 aliphatic rings. The third kappa shape index (κ3) is 3.89. The van der Waals surface area contributed by atoms with Crippen molar-refractivity contribution >= 4 is 51.6 Å². The van der Waals surface area contributed by atoms with Crippen LogP contribution in [0.15, 0.2) is 59.7 Å². The first-order valence-corrected chi connectivity index (χ1v) is 9.74. The van der Waals surface area contributed by atoms with Gasteiger partial charge in [-0.25, -0.2) is 9.97 Å². The Morgan fingerprint density at radius 2 is 1.90 bits per heavy atom. The van der Waals surface area contributed by atoms with Crippen LogP contribution in [0.1, 0.15) is 11.4 Å². The van der Waals surface area contributed by atoms with Crippen molar-refractivity contribution in [3.8, 4) is 5.69 Å². The third-order valence-corrected chi connectivity index (χ3v) is 5.42. The average Bonchev–Trinajstić information content (AvgIpc) is 3.04. The first kappa shape index (κ1) is 18.8. The highest BCUT2D eigenvalue weighted by Crippen LogP contribution is 2.30. The lowest BCUT2D eigenvalue weighted by Crippen LogP contribution is -2.01. The summed E-state index contributed by atoms with van der Waals surface area (Å²) >= 11 is 6.95. The summed E-state index contributed by atoms with van der Waals surface area (Å²) in [7, 11) is 0. The molecule has 1 N–H and O–H groups in total. The van der Waals surface area contributed by atoms with Crippen molar-refractivity contribution in [1.82, 2.24) is 14.5 Å². The summed E-state index contributed by atoms with van der Waals surface area (Å²) < 4.78 is 3.37. The van der Waals surface area contributed by atoms with Crippen LogP contribution in [0.5, 0.6) is 0 Å². The van der Waals surface area contributed by atoms with E-state index in [4.69, 9.17) is 12.2 Å². The van der Waals surface area contributed by atoms with E-state index >= 15 is 0 Å². The van der Waals surface area contributed by atoms with E-state index in [1.165, 1.54) is 23.5 Å². The summed E-state index contributed by atoms with van der Waals surface area (Å²) in [5.74, 6) is 1.14. The topological polar surface area (TPSA) is 98.2 Å². The summed E-state index contributed by atoms with van der Waals surface area (Å²) in [5, 5.41) is 15.0. The molecule has 0 fully saturated rings. The van der Waals surface area contributed by atoms with E-state index in [0.29, 0.717) is 21.2 Å². The molecule has 0 saturated heterocycles. The summed E-state index contributed by atoms with van der Waals surface area (Å²) in [6, 6.07) is 15.9. The maximum Gasteiger partial charge on any atom is 0.269 e. The molecule has 8 nitrogen and oxygen atoms in total. The maximum absolute atomic E-state index is 10.7. The molecule has 0 radical (unpaired) electrons. The van der Waals surface area contributed by atoms with Crippen molar-refractivity contribution in [2.24, 2.45) is 5.10 Å². The lowest BCUT2D eigenvalue weighted by atomic mass is 10.2. The molecule has 0 spiro atoms. The number of rotatable bonds is 5. The number of aromatic nitrogens is 3. The number of anilines is 1. The quantitative estimate of drug-likeness (QED) is 0.213. The molecule has 0 atom stereocenters. The number of hydrazone groups is 1. The van der Waals surface area contributed by atoms with Gasteiger partial charge in [-0.3, -0.25) is 20.1 Å². The Balaban J connectivity index is 1.68. The second-order valence-electron chi connectivity index (χ2n) is 6.03. The molecule has 4 aromatic rings. The van der Waals surface area contributed by atoms with Gasteiger partial charge in [-0.15, -0.1) is 0 Å². The van der Waals surface area contributed by atoms with Crippen LogP contribution in [0.4, 0.5) is 11.5 Å². The largest absolute Gasteiger partial charge is 0.276 e. The first-order valence-electron chi connectivity index (χ1n) is 8.52. The molecule has 0 amide bonds. The van der Waals surface area contributed by atoms with Gasteiger partial charge in [-0.05, 0) is 49.0 Å². The standard InChI is InChI=1S/C19H14N6O2S2/c1-12-21-17(23-20-11-13-7-9-15(10-8-13)25(26)27)16-18(22-12)24(19(28)29-16)14-5-3-2-4-6-14/h2-11H,1H3,(H,21,22,23)/b20-11-. The second kappa shape index (κ2) is 7.86. The van der Waals surface area contributed by atoms with Crippen LogP contribution in [-0.2, 0) is 0 Å². The third-order valence-electron chi connectivity index (χ3n) is 4.05. The molecule has 0 saturated carbocycles. The van der Waals surface area contributed by atoms with E-state index < -0.39 is 4.92 Å². The number of nitrogens with one attached hydrogen (secondary N) is 1. The fourth-order valence-electron chi connectivity index (χ4n) is 2.74. The predicted molar refractivity (Wildman–Crippen MR) is 117 cm³/mol. The highest BCUT2D eigenvalue weighted by molar-refractivity contribution is 7.73. The van der Waals surface area contributed by atoms with Crippen molar-refractivity contribution in [2.75, 3.05) is 5.43 Å². The highest BCUT2D eigenvalue weighted by Gasteiger charge is 2.14. The van der Waals surface area contributed by atoms with Crippen molar-refractivity contribution in [2.45, 2.75) is 6.92 Å². The number of hydrogen-bond donors (Lipinski definition) is 1. The molecule has 0 unspecified atom stereocenters. The predicted octanol–water partition coefficient (Wildman–Crippen LogP) is 4.87. The number of benzene rings is 2. The SMILES string of the molecule is Cc1nc(N/N=C\c2ccc([N+](=O)[O-])cc2)c2sc(=S)n(-c3ccccc3)c2n1.